The van der Waals surface area contributed by atoms with E-state index in [0.29, 0.717) is 29.8 Å². The molecular weight excluding hydrogens is 442 g/mol. The van der Waals surface area contributed by atoms with Crippen LogP contribution in [0.15, 0.2) is 36.4 Å². The van der Waals surface area contributed by atoms with E-state index in [1.165, 1.54) is 13.2 Å². The Hall–Kier alpha value is -3.55. The van der Waals surface area contributed by atoms with Crippen LogP contribution >= 0.6 is 0 Å². The number of carbonyl (C=O) groups excluding carboxylic acids is 1. The van der Waals surface area contributed by atoms with Gasteiger partial charge in [-0.1, -0.05) is 12.1 Å². The molecule has 34 heavy (non-hydrogen) atoms. The summed E-state index contributed by atoms with van der Waals surface area (Å²) in [6.07, 6.45) is 0.655. The van der Waals surface area contributed by atoms with Crippen molar-refractivity contribution in [1.29, 1.82) is 0 Å². The second-order valence-electron chi connectivity index (χ2n) is 8.29. The largest absolute Gasteiger partial charge is 0.493 e. The van der Waals surface area contributed by atoms with Crippen LogP contribution in [-0.2, 0) is 17.7 Å². The number of halogens is 2. The van der Waals surface area contributed by atoms with Crippen LogP contribution in [0.4, 0.5) is 14.5 Å². The Kier molecular flexibility index (Phi) is 6.50. The first kappa shape index (κ1) is 23.6. The minimum atomic E-state index is -3.00. The minimum Gasteiger partial charge on any atom is -0.493 e. The maximum Gasteiger partial charge on any atom is 0.387 e. The van der Waals surface area contributed by atoms with Gasteiger partial charge in [0.1, 0.15) is 0 Å². The van der Waals surface area contributed by atoms with Crippen molar-refractivity contribution in [3.8, 4) is 33.9 Å². The molecular formula is C26H28F2N2O4. The van der Waals surface area contributed by atoms with Crippen molar-refractivity contribution in [2.24, 2.45) is 0 Å². The molecule has 0 atom stereocenters. The molecule has 180 valence electrons. The fourth-order valence-electron chi connectivity index (χ4n) is 4.60. The van der Waals surface area contributed by atoms with Crippen LogP contribution in [0.5, 0.6) is 11.5 Å². The second kappa shape index (κ2) is 9.37. The van der Waals surface area contributed by atoms with Crippen LogP contribution in [0, 0.1) is 6.92 Å². The Labute approximate surface area is 197 Å². The molecule has 8 heteroatoms. The monoisotopic (exact) mass is 470 g/mol. The molecule has 0 N–H and O–H groups in total. The lowest BCUT2D eigenvalue weighted by atomic mass is 9.93. The van der Waals surface area contributed by atoms with E-state index in [4.69, 9.17) is 14.2 Å². The molecule has 4 rings (SSSR count). The van der Waals surface area contributed by atoms with Gasteiger partial charge in [0.15, 0.2) is 11.5 Å². The highest BCUT2D eigenvalue weighted by Crippen LogP contribution is 2.46. The molecule has 0 radical (unpaired) electrons. The number of methoxy groups -OCH3 is 1. The molecule has 0 aliphatic carbocycles. The number of esters is 1. The molecule has 1 aliphatic heterocycles. The zero-order valence-corrected chi connectivity index (χ0v) is 19.9. The van der Waals surface area contributed by atoms with Crippen molar-refractivity contribution in [3.63, 3.8) is 0 Å². The number of aromatic nitrogens is 1. The van der Waals surface area contributed by atoms with Crippen LogP contribution < -0.4 is 14.4 Å². The molecule has 3 aromatic rings. The van der Waals surface area contributed by atoms with E-state index in [2.05, 4.69) is 4.57 Å². The number of ether oxygens (including phenoxy) is 3. The Morgan fingerprint density at radius 2 is 1.94 bits per heavy atom. The summed E-state index contributed by atoms with van der Waals surface area (Å²) in [5.74, 6) is -0.300. The summed E-state index contributed by atoms with van der Waals surface area (Å²) < 4.78 is 43.8. The Bertz CT molecular complexity index is 1230. The van der Waals surface area contributed by atoms with Crippen molar-refractivity contribution in [1.82, 2.24) is 4.57 Å². The smallest absolute Gasteiger partial charge is 0.387 e. The molecule has 0 fully saturated rings. The summed E-state index contributed by atoms with van der Waals surface area (Å²) in [6, 6.07) is 11.2. The number of anilines is 1. The van der Waals surface area contributed by atoms with E-state index in [1.54, 1.807) is 13.0 Å². The Morgan fingerprint density at radius 1 is 1.18 bits per heavy atom. The van der Waals surface area contributed by atoms with E-state index in [9.17, 15) is 13.6 Å². The molecule has 1 aliphatic rings. The normalized spacial score (nSPS) is 12.2. The Balaban J connectivity index is 2.01. The molecule has 0 bridgehead atoms. The van der Waals surface area contributed by atoms with Crippen molar-refractivity contribution >= 4 is 11.7 Å². The number of aryl methyl sites for hydroxylation is 1. The number of rotatable bonds is 7. The average molecular weight is 471 g/mol. The van der Waals surface area contributed by atoms with Crippen LogP contribution in [0.1, 0.15) is 28.5 Å². The van der Waals surface area contributed by atoms with Crippen LogP contribution in [0.2, 0.25) is 0 Å². The van der Waals surface area contributed by atoms with Crippen molar-refractivity contribution < 1.29 is 27.8 Å². The molecule has 0 saturated carbocycles. The first-order chi connectivity index (χ1) is 16.3. The fourth-order valence-corrected chi connectivity index (χ4v) is 4.60. The maximum atomic E-state index is 13.3. The summed E-state index contributed by atoms with van der Waals surface area (Å²) in [5.41, 5.74) is 6.17. The lowest BCUT2D eigenvalue weighted by Gasteiger charge is -2.23. The van der Waals surface area contributed by atoms with Gasteiger partial charge in [-0.25, -0.2) is 4.79 Å². The number of alkyl halides is 2. The minimum absolute atomic E-state index is 0.0745. The Morgan fingerprint density at radius 3 is 2.59 bits per heavy atom. The second-order valence-corrected chi connectivity index (χ2v) is 8.29. The van der Waals surface area contributed by atoms with Gasteiger partial charge in [-0.2, -0.15) is 8.78 Å². The molecule has 6 nitrogen and oxygen atoms in total. The highest BCUT2D eigenvalue weighted by molar-refractivity contribution is 6.05. The summed E-state index contributed by atoms with van der Waals surface area (Å²) in [5, 5.41) is 0. The predicted molar refractivity (Wildman–Crippen MR) is 127 cm³/mol. The third-order valence-electron chi connectivity index (χ3n) is 6.12. The van der Waals surface area contributed by atoms with Crippen LogP contribution in [0.25, 0.3) is 22.4 Å². The topological polar surface area (TPSA) is 52.9 Å². The van der Waals surface area contributed by atoms with E-state index >= 15 is 0 Å². The number of nitrogens with zero attached hydrogens (tertiary/aromatic N) is 2. The number of hydrogen-bond donors (Lipinski definition) is 0. The standard InChI is InChI=1S/C26H28F2N2O4/c1-6-33-25(31)23-22(17-8-7-9-18(12-17)29(3)4)15(2)30-11-10-16-13-20(32-5)21(34-26(27)28)14-19(16)24(23)30/h7-9,12-14,26H,6,10-11H2,1-5H3. The first-order valence-corrected chi connectivity index (χ1v) is 11.1. The first-order valence-electron chi connectivity index (χ1n) is 11.1. The number of carbonyl (C=O) groups is 1. The maximum absolute atomic E-state index is 13.3. The third kappa shape index (κ3) is 4.08. The molecule has 0 amide bonds. The zero-order chi connectivity index (χ0) is 24.6. The van der Waals surface area contributed by atoms with E-state index in [1.807, 2.05) is 50.2 Å². The molecule has 0 unspecified atom stereocenters. The molecule has 0 saturated heterocycles. The van der Waals surface area contributed by atoms with Gasteiger partial charge in [0.2, 0.25) is 0 Å². The number of fused-ring (bicyclic) bond motifs is 3. The fraction of sp³-hybridized carbons (Fsp3) is 0.346. The third-order valence-corrected chi connectivity index (χ3v) is 6.12. The quantitative estimate of drug-likeness (QED) is 0.425. The summed E-state index contributed by atoms with van der Waals surface area (Å²) in [7, 11) is 5.32. The van der Waals surface area contributed by atoms with Crippen molar-refractivity contribution in [3.05, 3.63) is 53.2 Å². The van der Waals surface area contributed by atoms with Crippen molar-refractivity contribution in [2.75, 3.05) is 32.7 Å². The van der Waals surface area contributed by atoms with Gasteiger partial charge in [0.25, 0.3) is 0 Å². The number of benzene rings is 2. The van der Waals surface area contributed by atoms with E-state index < -0.39 is 12.6 Å². The van der Waals surface area contributed by atoms with Gasteiger partial charge in [-0.05, 0) is 55.7 Å². The summed E-state index contributed by atoms with van der Waals surface area (Å²) in [4.78, 5) is 15.3. The lowest BCUT2D eigenvalue weighted by Crippen LogP contribution is -2.15. The highest BCUT2D eigenvalue weighted by Gasteiger charge is 2.32. The molecule has 2 heterocycles. The zero-order valence-electron chi connectivity index (χ0n) is 19.9. The van der Waals surface area contributed by atoms with Gasteiger partial charge in [-0.15, -0.1) is 0 Å². The summed E-state index contributed by atoms with van der Waals surface area (Å²) >= 11 is 0. The van der Waals surface area contributed by atoms with Gasteiger partial charge in [0.05, 0.1) is 25.0 Å². The van der Waals surface area contributed by atoms with Crippen LogP contribution in [0.3, 0.4) is 0 Å². The average Bonchev–Trinajstić information content (AvgIpc) is 3.11. The lowest BCUT2D eigenvalue weighted by molar-refractivity contribution is -0.0512. The SMILES string of the molecule is CCOC(=O)c1c(-c2cccc(N(C)C)c2)c(C)n2c1-c1cc(OC(F)F)c(OC)cc1CC2. The number of hydrogen-bond acceptors (Lipinski definition) is 5. The molecule has 0 spiro atoms. The van der Waals surface area contributed by atoms with E-state index in [0.717, 1.165) is 28.1 Å². The van der Waals surface area contributed by atoms with Gasteiger partial charge in [-0.3, -0.25) is 0 Å². The molecule has 1 aromatic heterocycles. The van der Waals surface area contributed by atoms with Gasteiger partial charge in [0, 0.05) is 43.1 Å². The predicted octanol–water partition coefficient (Wildman–Crippen LogP) is 5.54. The van der Waals surface area contributed by atoms with Gasteiger partial charge >= 0.3 is 12.6 Å². The van der Waals surface area contributed by atoms with Crippen LogP contribution in [-0.4, -0.2) is 45.0 Å². The summed E-state index contributed by atoms with van der Waals surface area (Å²) in [6.45, 7) is 1.57. The molecule has 2 aromatic carbocycles. The van der Waals surface area contributed by atoms with E-state index in [-0.39, 0.29) is 18.1 Å². The highest BCUT2D eigenvalue weighted by atomic mass is 19.3. The van der Waals surface area contributed by atoms with Gasteiger partial charge < -0.3 is 23.7 Å². The van der Waals surface area contributed by atoms with Crippen molar-refractivity contribution in [2.45, 2.75) is 33.4 Å².